The molecule has 1 rings (SSSR count). The van der Waals surface area contributed by atoms with Crippen molar-refractivity contribution in [2.75, 3.05) is 26.7 Å². The summed E-state index contributed by atoms with van der Waals surface area (Å²) in [6, 6.07) is 4.77. The summed E-state index contributed by atoms with van der Waals surface area (Å²) in [7, 11) is 2.07. The maximum Gasteiger partial charge on any atom is 0.124 e. The van der Waals surface area contributed by atoms with Gasteiger partial charge in [-0.2, -0.15) is 0 Å². The van der Waals surface area contributed by atoms with Gasteiger partial charge in [-0.25, -0.2) is 0 Å². The maximum absolute atomic E-state index is 9.71. The fraction of sp³-hybridized carbons (Fsp3) is 0.538. The van der Waals surface area contributed by atoms with Crippen LogP contribution in [0.15, 0.2) is 18.2 Å². The lowest BCUT2D eigenvalue weighted by atomic mass is 10.1. The monoisotopic (exact) mass is 238 g/mol. The molecule has 0 radical (unpaired) electrons. The molecule has 0 aliphatic carbocycles. The van der Waals surface area contributed by atoms with Crippen LogP contribution >= 0.6 is 0 Å². The van der Waals surface area contributed by atoms with Gasteiger partial charge >= 0.3 is 0 Å². The fourth-order valence-electron chi connectivity index (χ4n) is 1.64. The second kappa shape index (κ2) is 6.47. The first-order chi connectivity index (χ1) is 8.04. The van der Waals surface area contributed by atoms with Crippen LogP contribution in [0.2, 0.25) is 0 Å². The van der Waals surface area contributed by atoms with Crippen molar-refractivity contribution in [1.29, 1.82) is 0 Å². The van der Waals surface area contributed by atoms with Gasteiger partial charge in [0.25, 0.3) is 0 Å². The fourth-order valence-corrected chi connectivity index (χ4v) is 1.64. The van der Waals surface area contributed by atoms with E-state index in [9.17, 15) is 10.2 Å². The van der Waals surface area contributed by atoms with E-state index in [4.69, 9.17) is 0 Å². The van der Waals surface area contributed by atoms with E-state index in [1.807, 2.05) is 6.92 Å². The van der Waals surface area contributed by atoms with Gasteiger partial charge < -0.3 is 20.4 Å². The molecule has 0 aliphatic heterocycles. The number of aromatic hydroxyl groups is 2. The van der Waals surface area contributed by atoms with Crippen LogP contribution < -0.4 is 5.32 Å². The number of phenolic OH excluding ortho intramolecular Hbond substituents is 2. The SMILES string of the molecule is CCN(C)CCNC(C)c1ccc(O)cc1O. The summed E-state index contributed by atoms with van der Waals surface area (Å²) in [6.45, 7) is 6.99. The number of rotatable bonds is 6. The maximum atomic E-state index is 9.71. The average Bonchev–Trinajstić information content (AvgIpc) is 2.28. The Morgan fingerprint density at radius 2 is 2.06 bits per heavy atom. The lowest BCUT2D eigenvalue weighted by molar-refractivity contribution is 0.341. The van der Waals surface area contributed by atoms with Crippen molar-refractivity contribution in [3.63, 3.8) is 0 Å². The van der Waals surface area contributed by atoms with Gasteiger partial charge in [-0.3, -0.25) is 0 Å². The Labute approximate surface area is 103 Å². The zero-order valence-electron chi connectivity index (χ0n) is 10.8. The molecule has 1 atom stereocenters. The van der Waals surface area contributed by atoms with Crippen molar-refractivity contribution in [1.82, 2.24) is 10.2 Å². The van der Waals surface area contributed by atoms with Crippen molar-refractivity contribution < 1.29 is 10.2 Å². The largest absolute Gasteiger partial charge is 0.508 e. The van der Waals surface area contributed by atoms with Crippen LogP contribution in [0.4, 0.5) is 0 Å². The average molecular weight is 238 g/mol. The number of phenols is 2. The molecule has 0 fully saturated rings. The molecule has 0 aromatic heterocycles. The van der Waals surface area contributed by atoms with Crippen molar-refractivity contribution in [3.8, 4) is 11.5 Å². The van der Waals surface area contributed by atoms with E-state index < -0.39 is 0 Å². The van der Waals surface area contributed by atoms with E-state index >= 15 is 0 Å². The molecule has 4 nitrogen and oxygen atoms in total. The summed E-state index contributed by atoms with van der Waals surface area (Å²) in [5.41, 5.74) is 0.807. The molecular weight excluding hydrogens is 216 g/mol. The Morgan fingerprint density at radius 1 is 1.35 bits per heavy atom. The molecule has 0 bridgehead atoms. The minimum Gasteiger partial charge on any atom is -0.508 e. The molecule has 0 heterocycles. The second-order valence-corrected chi connectivity index (χ2v) is 4.31. The summed E-state index contributed by atoms with van der Waals surface area (Å²) in [4.78, 5) is 2.22. The van der Waals surface area contributed by atoms with Gasteiger partial charge in [0.15, 0.2) is 0 Å². The zero-order valence-corrected chi connectivity index (χ0v) is 10.8. The lowest BCUT2D eigenvalue weighted by Gasteiger charge is -2.19. The smallest absolute Gasteiger partial charge is 0.124 e. The molecule has 1 aromatic rings. The Kier molecular flexibility index (Phi) is 5.25. The zero-order chi connectivity index (χ0) is 12.8. The van der Waals surface area contributed by atoms with Gasteiger partial charge in [-0.05, 0) is 26.6 Å². The topological polar surface area (TPSA) is 55.7 Å². The third-order valence-electron chi connectivity index (χ3n) is 2.96. The first-order valence-corrected chi connectivity index (χ1v) is 5.98. The van der Waals surface area contributed by atoms with Crippen LogP contribution in [0.5, 0.6) is 11.5 Å². The Balaban J connectivity index is 2.49. The molecule has 1 aromatic carbocycles. The van der Waals surface area contributed by atoms with Crippen LogP contribution in [0.1, 0.15) is 25.5 Å². The Bertz CT molecular complexity index is 355. The standard InChI is InChI=1S/C13H22N2O2/c1-4-15(3)8-7-14-10(2)12-6-5-11(16)9-13(12)17/h5-6,9-10,14,16-17H,4,7-8H2,1-3H3. The number of benzene rings is 1. The van der Waals surface area contributed by atoms with Gasteiger partial charge in [-0.1, -0.05) is 13.0 Å². The number of hydrogen-bond acceptors (Lipinski definition) is 4. The van der Waals surface area contributed by atoms with Crippen LogP contribution in [0.25, 0.3) is 0 Å². The van der Waals surface area contributed by atoms with Crippen molar-refractivity contribution >= 4 is 0 Å². The molecule has 96 valence electrons. The van der Waals surface area contributed by atoms with E-state index in [1.165, 1.54) is 6.07 Å². The highest BCUT2D eigenvalue weighted by Gasteiger charge is 2.10. The van der Waals surface area contributed by atoms with E-state index in [2.05, 4.69) is 24.2 Å². The summed E-state index contributed by atoms with van der Waals surface area (Å²) < 4.78 is 0. The Morgan fingerprint density at radius 3 is 2.65 bits per heavy atom. The van der Waals surface area contributed by atoms with Crippen LogP contribution in [-0.4, -0.2) is 41.8 Å². The molecule has 4 heteroatoms. The number of hydrogen-bond donors (Lipinski definition) is 3. The minimum atomic E-state index is 0.0702. The van der Waals surface area contributed by atoms with E-state index in [-0.39, 0.29) is 17.5 Å². The van der Waals surface area contributed by atoms with Gasteiger partial charge in [0.2, 0.25) is 0 Å². The molecule has 0 saturated heterocycles. The summed E-state index contributed by atoms with van der Waals surface area (Å²) in [6.07, 6.45) is 0. The highest BCUT2D eigenvalue weighted by molar-refractivity contribution is 5.40. The molecule has 0 aliphatic rings. The highest BCUT2D eigenvalue weighted by Crippen LogP contribution is 2.27. The number of nitrogens with zero attached hydrogens (tertiary/aromatic N) is 1. The van der Waals surface area contributed by atoms with Gasteiger partial charge in [-0.15, -0.1) is 0 Å². The molecule has 17 heavy (non-hydrogen) atoms. The third-order valence-corrected chi connectivity index (χ3v) is 2.96. The molecule has 0 amide bonds. The third kappa shape index (κ3) is 4.24. The first-order valence-electron chi connectivity index (χ1n) is 5.98. The van der Waals surface area contributed by atoms with Gasteiger partial charge in [0.05, 0.1) is 0 Å². The molecule has 3 N–H and O–H groups in total. The number of nitrogens with one attached hydrogen (secondary N) is 1. The number of likely N-dealkylation sites (N-methyl/N-ethyl adjacent to an activating group) is 1. The van der Waals surface area contributed by atoms with Gasteiger partial charge in [0, 0.05) is 30.8 Å². The molecule has 0 saturated carbocycles. The first kappa shape index (κ1) is 13.8. The molecule has 1 unspecified atom stereocenters. The van der Waals surface area contributed by atoms with Crippen LogP contribution in [0.3, 0.4) is 0 Å². The highest BCUT2D eigenvalue weighted by atomic mass is 16.3. The second-order valence-electron chi connectivity index (χ2n) is 4.31. The lowest BCUT2D eigenvalue weighted by Crippen LogP contribution is -2.30. The van der Waals surface area contributed by atoms with Gasteiger partial charge in [0.1, 0.15) is 11.5 Å². The minimum absolute atomic E-state index is 0.0702. The molecular formula is C13H22N2O2. The van der Waals surface area contributed by atoms with Crippen molar-refractivity contribution in [2.45, 2.75) is 19.9 Å². The quantitative estimate of drug-likeness (QED) is 0.706. The predicted octanol–water partition coefficient (Wildman–Crippen LogP) is 1.70. The summed E-state index contributed by atoms with van der Waals surface area (Å²) in [5, 5.41) is 22.3. The predicted molar refractivity (Wildman–Crippen MR) is 69.4 cm³/mol. The van der Waals surface area contributed by atoms with E-state index in [0.717, 1.165) is 25.2 Å². The Hall–Kier alpha value is -1.26. The van der Waals surface area contributed by atoms with Crippen molar-refractivity contribution in [2.24, 2.45) is 0 Å². The van der Waals surface area contributed by atoms with Crippen LogP contribution in [-0.2, 0) is 0 Å². The van der Waals surface area contributed by atoms with Crippen LogP contribution in [0, 0.1) is 0 Å². The summed E-state index contributed by atoms with van der Waals surface area (Å²) >= 11 is 0. The molecule has 0 spiro atoms. The van der Waals surface area contributed by atoms with E-state index in [1.54, 1.807) is 12.1 Å². The van der Waals surface area contributed by atoms with Crippen molar-refractivity contribution in [3.05, 3.63) is 23.8 Å². The summed E-state index contributed by atoms with van der Waals surface area (Å²) in [5.74, 6) is 0.220. The normalized spacial score (nSPS) is 12.9. The van der Waals surface area contributed by atoms with E-state index in [0.29, 0.717) is 0 Å².